The van der Waals surface area contributed by atoms with Gasteiger partial charge in [0, 0.05) is 19.6 Å². The summed E-state index contributed by atoms with van der Waals surface area (Å²) in [6, 6.07) is 17.5. The van der Waals surface area contributed by atoms with Crippen LogP contribution in [0.1, 0.15) is 16.7 Å². The molecule has 0 amide bonds. The first-order valence-electron chi connectivity index (χ1n) is 7.78. The molecule has 6 heteroatoms. The second-order valence-electron chi connectivity index (χ2n) is 5.67. The molecule has 0 unspecified atom stereocenters. The van der Waals surface area contributed by atoms with Crippen molar-refractivity contribution in [3.63, 3.8) is 0 Å². The number of benzene rings is 2. The number of aryl methyl sites for hydroxylation is 1. The predicted molar refractivity (Wildman–Crippen MR) is 102 cm³/mol. The Morgan fingerprint density at radius 3 is 2.25 bits per heavy atom. The van der Waals surface area contributed by atoms with Crippen molar-refractivity contribution in [2.45, 2.75) is 19.1 Å². The number of halogens is 1. The van der Waals surface area contributed by atoms with Gasteiger partial charge < -0.3 is 5.73 Å². The Hall–Kier alpha value is -1.40. The van der Waals surface area contributed by atoms with Gasteiger partial charge in [0.05, 0.1) is 5.75 Å². The molecule has 0 saturated carbocycles. The van der Waals surface area contributed by atoms with Crippen LogP contribution in [0, 0.1) is 6.92 Å². The van der Waals surface area contributed by atoms with E-state index in [1.54, 1.807) is 0 Å². The van der Waals surface area contributed by atoms with Gasteiger partial charge in [-0.15, -0.1) is 12.4 Å². The SMILES string of the molecule is Cc1cccc(CS(=O)(=O)N(CCN)CCc2ccccc2)c1.Cl. The fourth-order valence-corrected chi connectivity index (χ4v) is 4.07. The first-order chi connectivity index (χ1) is 11.0. The Balaban J connectivity index is 0.00000288. The number of sulfonamides is 1. The molecule has 2 aromatic rings. The fraction of sp³-hybridized carbons (Fsp3) is 0.333. The molecule has 0 spiro atoms. The van der Waals surface area contributed by atoms with E-state index in [4.69, 9.17) is 5.73 Å². The van der Waals surface area contributed by atoms with Gasteiger partial charge in [0.15, 0.2) is 0 Å². The molecule has 24 heavy (non-hydrogen) atoms. The summed E-state index contributed by atoms with van der Waals surface area (Å²) in [5.41, 5.74) is 8.61. The molecule has 2 aromatic carbocycles. The average Bonchev–Trinajstić information content (AvgIpc) is 2.52. The Labute approximate surface area is 151 Å². The van der Waals surface area contributed by atoms with E-state index in [1.807, 2.05) is 61.5 Å². The van der Waals surface area contributed by atoms with E-state index < -0.39 is 10.0 Å². The molecular weight excluding hydrogens is 344 g/mol. The molecule has 0 aliphatic carbocycles. The Morgan fingerprint density at radius 1 is 0.958 bits per heavy atom. The lowest BCUT2D eigenvalue weighted by Crippen LogP contribution is -2.37. The van der Waals surface area contributed by atoms with E-state index in [1.165, 1.54) is 4.31 Å². The Morgan fingerprint density at radius 2 is 1.62 bits per heavy atom. The van der Waals surface area contributed by atoms with E-state index >= 15 is 0 Å². The molecule has 0 heterocycles. The summed E-state index contributed by atoms with van der Waals surface area (Å²) in [4.78, 5) is 0. The molecular formula is C18H25ClN2O2S. The van der Waals surface area contributed by atoms with Gasteiger partial charge in [0.25, 0.3) is 0 Å². The quantitative estimate of drug-likeness (QED) is 0.779. The summed E-state index contributed by atoms with van der Waals surface area (Å²) in [6.07, 6.45) is 0.688. The van der Waals surface area contributed by atoms with Crippen LogP contribution in [0.15, 0.2) is 54.6 Å². The summed E-state index contributed by atoms with van der Waals surface area (Å²) in [6.45, 7) is 3.08. The van der Waals surface area contributed by atoms with Crippen LogP contribution in [0.5, 0.6) is 0 Å². The van der Waals surface area contributed by atoms with Crippen molar-refractivity contribution in [2.24, 2.45) is 5.73 Å². The molecule has 0 fully saturated rings. The van der Waals surface area contributed by atoms with Crippen LogP contribution >= 0.6 is 12.4 Å². The third kappa shape index (κ3) is 6.24. The zero-order valence-corrected chi connectivity index (χ0v) is 15.5. The predicted octanol–water partition coefficient (Wildman–Crippen LogP) is 2.75. The van der Waals surface area contributed by atoms with Gasteiger partial charge in [-0.1, -0.05) is 60.2 Å². The lowest BCUT2D eigenvalue weighted by Gasteiger charge is -2.21. The maximum absolute atomic E-state index is 12.7. The highest BCUT2D eigenvalue weighted by Gasteiger charge is 2.21. The number of rotatable bonds is 8. The van der Waals surface area contributed by atoms with Crippen LogP contribution in [-0.2, 0) is 22.2 Å². The monoisotopic (exact) mass is 368 g/mol. The van der Waals surface area contributed by atoms with Crippen LogP contribution < -0.4 is 5.73 Å². The van der Waals surface area contributed by atoms with Gasteiger partial charge in [-0.05, 0) is 24.5 Å². The highest BCUT2D eigenvalue weighted by Crippen LogP contribution is 2.13. The van der Waals surface area contributed by atoms with E-state index in [9.17, 15) is 8.42 Å². The zero-order chi connectivity index (χ0) is 16.7. The van der Waals surface area contributed by atoms with Crippen molar-refractivity contribution in [1.82, 2.24) is 4.31 Å². The normalized spacial score (nSPS) is 11.3. The fourth-order valence-electron chi connectivity index (χ4n) is 2.54. The third-order valence-electron chi connectivity index (χ3n) is 3.70. The molecule has 2 N–H and O–H groups in total. The standard InChI is InChI=1S/C18H24N2O2S.ClH/c1-16-6-5-9-18(14-16)15-23(21,22)20(13-11-19)12-10-17-7-3-2-4-8-17;/h2-9,14H,10-13,15,19H2,1H3;1H. The maximum Gasteiger partial charge on any atom is 0.218 e. The molecule has 4 nitrogen and oxygen atoms in total. The van der Waals surface area contributed by atoms with Crippen molar-refractivity contribution in [1.29, 1.82) is 0 Å². The number of hydrogen-bond acceptors (Lipinski definition) is 3. The minimum absolute atomic E-state index is 0. The molecule has 0 aliphatic rings. The summed E-state index contributed by atoms with van der Waals surface area (Å²) in [5, 5.41) is 0. The summed E-state index contributed by atoms with van der Waals surface area (Å²) >= 11 is 0. The largest absolute Gasteiger partial charge is 0.329 e. The Bertz CT molecular complexity index is 721. The molecule has 2 rings (SSSR count). The summed E-state index contributed by atoms with van der Waals surface area (Å²) < 4.78 is 26.9. The molecule has 0 aromatic heterocycles. The smallest absolute Gasteiger partial charge is 0.218 e. The second kappa shape index (κ2) is 9.79. The third-order valence-corrected chi connectivity index (χ3v) is 5.55. The van der Waals surface area contributed by atoms with Crippen LogP contribution in [0.25, 0.3) is 0 Å². The maximum atomic E-state index is 12.7. The van der Waals surface area contributed by atoms with Crippen LogP contribution in [0.2, 0.25) is 0 Å². The Kier molecular flexibility index (Phi) is 8.42. The zero-order valence-electron chi connectivity index (χ0n) is 13.9. The first kappa shape index (κ1) is 20.6. The van der Waals surface area contributed by atoms with E-state index in [0.717, 1.165) is 16.7 Å². The second-order valence-corrected chi connectivity index (χ2v) is 7.64. The van der Waals surface area contributed by atoms with Gasteiger partial charge in [-0.3, -0.25) is 0 Å². The number of nitrogens with two attached hydrogens (primary N) is 1. The average molecular weight is 369 g/mol. The van der Waals surface area contributed by atoms with Crippen molar-refractivity contribution in [3.8, 4) is 0 Å². The van der Waals surface area contributed by atoms with Crippen LogP contribution in [-0.4, -0.2) is 32.4 Å². The van der Waals surface area contributed by atoms with Gasteiger partial charge in [-0.25, -0.2) is 12.7 Å². The highest BCUT2D eigenvalue weighted by atomic mass is 35.5. The van der Waals surface area contributed by atoms with Crippen molar-refractivity contribution >= 4 is 22.4 Å². The van der Waals surface area contributed by atoms with Crippen LogP contribution in [0.4, 0.5) is 0 Å². The van der Waals surface area contributed by atoms with Crippen LogP contribution in [0.3, 0.4) is 0 Å². The van der Waals surface area contributed by atoms with Gasteiger partial charge in [-0.2, -0.15) is 0 Å². The lowest BCUT2D eigenvalue weighted by molar-refractivity contribution is 0.421. The van der Waals surface area contributed by atoms with Crippen molar-refractivity contribution in [2.75, 3.05) is 19.6 Å². The van der Waals surface area contributed by atoms with Gasteiger partial charge >= 0.3 is 0 Å². The van der Waals surface area contributed by atoms with Crippen molar-refractivity contribution < 1.29 is 8.42 Å². The van der Waals surface area contributed by atoms with E-state index in [2.05, 4.69) is 0 Å². The molecule has 0 aliphatic heterocycles. The van der Waals surface area contributed by atoms with Gasteiger partial charge in [0.1, 0.15) is 0 Å². The molecule has 132 valence electrons. The van der Waals surface area contributed by atoms with E-state index in [0.29, 0.717) is 26.1 Å². The van der Waals surface area contributed by atoms with Gasteiger partial charge in [0.2, 0.25) is 10.0 Å². The number of hydrogen-bond donors (Lipinski definition) is 1. The lowest BCUT2D eigenvalue weighted by atomic mass is 10.1. The molecule has 0 saturated heterocycles. The van der Waals surface area contributed by atoms with Crippen molar-refractivity contribution in [3.05, 3.63) is 71.3 Å². The molecule has 0 radical (unpaired) electrons. The summed E-state index contributed by atoms with van der Waals surface area (Å²) in [7, 11) is -3.37. The number of nitrogens with zero attached hydrogens (tertiary/aromatic N) is 1. The summed E-state index contributed by atoms with van der Waals surface area (Å²) in [5.74, 6) is 0.0173. The minimum Gasteiger partial charge on any atom is -0.329 e. The first-order valence-corrected chi connectivity index (χ1v) is 9.39. The highest BCUT2D eigenvalue weighted by molar-refractivity contribution is 7.88. The molecule has 0 atom stereocenters. The topological polar surface area (TPSA) is 63.4 Å². The minimum atomic E-state index is -3.37. The molecule has 0 bridgehead atoms. The van der Waals surface area contributed by atoms with E-state index in [-0.39, 0.29) is 18.2 Å².